The van der Waals surface area contributed by atoms with Crippen LogP contribution in [0.1, 0.15) is 37.5 Å². The second-order valence-electron chi connectivity index (χ2n) is 9.03. The van der Waals surface area contributed by atoms with Gasteiger partial charge in [0.05, 0.1) is 23.6 Å². The van der Waals surface area contributed by atoms with E-state index in [-0.39, 0.29) is 17.8 Å². The molecule has 0 saturated carbocycles. The monoisotopic (exact) mass is 478 g/mol. The Balaban J connectivity index is 1.86. The molecule has 0 saturated heterocycles. The molecule has 3 aromatic carbocycles. The summed E-state index contributed by atoms with van der Waals surface area (Å²) in [7, 11) is 1.62. The number of fused-ring (bicyclic) bond motifs is 1. The summed E-state index contributed by atoms with van der Waals surface area (Å²) in [5.41, 5.74) is 6.62. The molecular formula is C27H27ClN2O4. The molecule has 0 aliphatic carbocycles. The van der Waals surface area contributed by atoms with Gasteiger partial charge in [0.15, 0.2) is 0 Å². The molecule has 1 aliphatic heterocycles. The minimum Gasteiger partial charge on any atom is -0.496 e. The Morgan fingerprint density at radius 2 is 1.76 bits per heavy atom. The third-order valence-electron chi connectivity index (χ3n) is 5.95. The highest BCUT2D eigenvalue weighted by molar-refractivity contribution is 6.30. The van der Waals surface area contributed by atoms with Crippen molar-refractivity contribution in [1.29, 1.82) is 0 Å². The summed E-state index contributed by atoms with van der Waals surface area (Å²) in [6.07, 6.45) is 2.19. The van der Waals surface area contributed by atoms with E-state index in [2.05, 4.69) is 38.2 Å². The van der Waals surface area contributed by atoms with Gasteiger partial charge in [0, 0.05) is 33.5 Å². The number of nitro benzene ring substituents is 1. The standard InChI is InChI=1S/C27H27ClN2O4/c1-16-6-8-19(30(31)32)13-24(16)34-15-22-20(21-9-7-18(28)12-25(21)33-5)10-11-23-26(22)17(2)14-27(3,4)29-23/h6-14,29H,15H2,1-5H3. The van der Waals surface area contributed by atoms with Gasteiger partial charge in [-0.2, -0.15) is 0 Å². The fourth-order valence-electron chi connectivity index (χ4n) is 4.50. The van der Waals surface area contributed by atoms with Gasteiger partial charge in [-0.1, -0.05) is 23.7 Å². The number of aryl methyl sites for hydroxylation is 1. The topological polar surface area (TPSA) is 73.6 Å². The maximum atomic E-state index is 11.3. The lowest BCUT2D eigenvalue weighted by atomic mass is 9.85. The summed E-state index contributed by atoms with van der Waals surface area (Å²) < 4.78 is 11.8. The van der Waals surface area contributed by atoms with Crippen LogP contribution >= 0.6 is 11.6 Å². The molecule has 34 heavy (non-hydrogen) atoms. The van der Waals surface area contributed by atoms with Gasteiger partial charge in [-0.05, 0) is 74.7 Å². The van der Waals surface area contributed by atoms with E-state index in [9.17, 15) is 10.1 Å². The minimum absolute atomic E-state index is 0.00484. The number of hydrogen-bond acceptors (Lipinski definition) is 5. The predicted molar refractivity (Wildman–Crippen MR) is 137 cm³/mol. The molecular weight excluding hydrogens is 452 g/mol. The molecule has 1 heterocycles. The fraction of sp³-hybridized carbons (Fsp3) is 0.259. The number of rotatable bonds is 6. The number of hydrogen-bond donors (Lipinski definition) is 1. The van der Waals surface area contributed by atoms with Crippen LogP contribution in [-0.2, 0) is 6.61 Å². The number of ether oxygens (including phenoxy) is 2. The molecule has 4 rings (SSSR count). The van der Waals surface area contributed by atoms with Crippen LogP contribution in [-0.4, -0.2) is 17.6 Å². The maximum absolute atomic E-state index is 11.3. The minimum atomic E-state index is -0.417. The van der Waals surface area contributed by atoms with Crippen LogP contribution in [0.4, 0.5) is 11.4 Å². The number of benzene rings is 3. The highest BCUT2D eigenvalue weighted by atomic mass is 35.5. The average molecular weight is 479 g/mol. The smallest absolute Gasteiger partial charge is 0.273 e. The van der Waals surface area contributed by atoms with Crippen molar-refractivity contribution in [3.05, 3.63) is 86.4 Å². The van der Waals surface area contributed by atoms with Crippen molar-refractivity contribution in [1.82, 2.24) is 0 Å². The van der Waals surface area contributed by atoms with Crippen LogP contribution in [0.5, 0.6) is 11.5 Å². The van der Waals surface area contributed by atoms with E-state index in [4.69, 9.17) is 21.1 Å². The zero-order valence-electron chi connectivity index (χ0n) is 19.9. The molecule has 176 valence electrons. The number of non-ortho nitro benzene ring substituents is 1. The lowest BCUT2D eigenvalue weighted by molar-refractivity contribution is -0.385. The number of halogens is 1. The summed E-state index contributed by atoms with van der Waals surface area (Å²) in [6, 6.07) is 14.3. The Labute approximate surface area is 204 Å². The molecule has 1 aliphatic rings. The number of nitro groups is 1. The van der Waals surface area contributed by atoms with Gasteiger partial charge in [-0.25, -0.2) is 0 Å². The van der Waals surface area contributed by atoms with Gasteiger partial charge >= 0.3 is 0 Å². The van der Waals surface area contributed by atoms with Crippen molar-refractivity contribution in [3.8, 4) is 22.6 Å². The first-order chi connectivity index (χ1) is 16.1. The molecule has 6 nitrogen and oxygen atoms in total. The number of allylic oxidation sites excluding steroid dienone is 1. The number of nitrogens with zero attached hydrogens (tertiary/aromatic N) is 1. The van der Waals surface area contributed by atoms with E-state index >= 15 is 0 Å². The van der Waals surface area contributed by atoms with Gasteiger partial charge in [0.1, 0.15) is 18.1 Å². The van der Waals surface area contributed by atoms with E-state index in [1.54, 1.807) is 19.2 Å². The third-order valence-corrected chi connectivity index (χ3v) is 6.18. The number of nitrogens with one attached hydrogen (secondary N) is 1. The Morgan fingerprint density at radius 1 is 1.03 bits per heavy atom. The van der Waals surface area contributed by atoms with Crippen molar-refractivity contribution in [2.24, 2.45) is 0 Å². The molecule has 0 amide bonds. The normalized spacial score (nSPS) is 14.0. The van der Waals surface area contributed by atoms with Gasteiger partial charge in [-0.15, -0.1) is 0 Å². The van der Waals surface area contributed by atoms with Crippen molar-refractivity contribution in [3.63, 3.8) is 0 Å². The maximum Gasteiger partial charge on any atom is 0.273 e. The molecule has 0 radical (unpaired) electrons. The van der Waals surface area contributed by atoms with E-state index in [1.165, 1.54) is 12.1 Å². The van der Waals surface area contributed by atoms with Gasteiger partial charge in [-0.3, -0.25) is 10.1 Å². The Hall–Kier alpha value is -3.51. The van der Waals surface area contributed by atoms with Crippen LogP contribution in [0, 0.1) is 17.0 Å². The molecule has 0 spiro atoms. The lowest BCUT2D eigenvalue weighted by Crippen LogP contribution is -2.32. The van der Waals surface area contributed by atoms with Crippen LogP contribution in [0.25, 0.3) is 16.7 Å². The van der Waals surface area contributed by atoms with Crippen LogP contribution in [0.3, 0.4) is 0 Å². The molecule has 0 fully saturated rings. The molecule has 0 aromatic heterocycles. The summed E-state index contributed by atoms with van der Waals surface area (Å²) in [5, 5.41) is 15.5. The first-order valence-electron chi connectivity index (χ1n) is 11.0. The first-order valence-corrected chi connectivity index (χ1v) is 11.3. The van der Waals surface area contributed by atoms with E-state index < -0.39 is 4.92 Å². The molecule has 0 atom stereocenters. The van der Waals surface area contributed by atoms with Crippen molar-refractivity contribution >= 4 is 28.5 Å². The van der Waals surface area contributed by atoms with E-state index in [1.807, 2.05) is 25.1 Å². The SMILES string of the molecule is COc1cc(Cl)ccc1-c1ccc2c(c1COc1cc([N+](=O)[O-])ccc1C)C(C)=CC(C)(C)N2. The highest BCUT2D eigenvalue weighted by Crippen LogP contribution is 2.43. The predicted octanol–water partition coefficient (Wildman–Crippen LogP) is 7.42. The Kier molecular flexibility index (Phi) is 6.28. The van der Waals surface area contributed by atoms with Crippen molar-refractivity contribution in [2.45, 2.75) is 39.8 Å². The van der Waals surface area contributed by atoms with Gasteiger partial charge < -0.3 is 14.8 Å². The van der Waals surface area contributed by atoms with Crippen LogP contribution in [0.15, 0.2) is 54.6 Å². The van der Waals surface area contributed by atoms with Crippen molar-refractivity contribution in [2.75, 3.05) is 12.4 Å². The molecule has 7 heteroatoms. The summed E-state index contributed by atoms with van der Waals surface area (Å²) in [6.45, 7) is 8.43. The second-order valence-corrected chi connectivity index (χ2v) is 9.46. The van der Waals surface area contributed by atoms with E-state index in [0.717, 1.165) is 39.1 Å². The quantitative estimate of drug-likeness (QED) is 0.294. The molecule has 0 unspecified atom stereocenters. The third kappa shape index (κ3) is 4.59. The largest absolute Gasteiger partial charge is 0.496 e. The molecule has 0 bridgehead atoms. The van der Waals surface area contributed by atoms with Crippen LogP contribution < -0.4 is 14.8 Å². The second kappa shape index (κ2) is 9.03. The van der Waals surface area contributed by atoms with Gasteiger partial charge in [0.25, 0.3) is 5.69 Å². The van der Waals surface area contributed by atoms with E-state index in [0.29, 0.717) is 16.5 Å². The summed E-state index contributed by atoms with van der Waals surface area (Å²) in [4.78, 5) is 10.9. The Morgan fingerprint density at radius 3 is 2.47 bits per heavy atom. The zero-order valence-corrected chi connectivity index (χ0v) is 20.6. The summed E-state index contributed by atoms with van der Waals surface area (Å²) >= 11 is 6.21. The number of methoxy groups -OCH3 is 1. The zero-order chi connectivity index (χ0) is 24.6. The molecule has 3 aromatic rings. The summed E-state index contributed by atoms with van der Waals surface area (Å²) in [5.74, 6) is 1.14. The number of anilines is 1. The Bertz CT molecular complexity index is 1310. The fourth-order valence-corrected chi connectivity index (χ4v) is 4.66. The highest BCUT2D eigenvalue weighted by Gasteiger charge is 2.27. The van der Waals surface area contributed by atoms with Gasteiger partial charge in [0.2, 0.25) is 0 Å². The van der Waals surface area contributed by atoms with Crippen LogP contribution in [0.2, 0.25) is 5.02 Å². The molecule has 1 N–H and O–H groups in total. The lowest BCUT2D eigenvalue weighted by Gasteiger charge is -2.33. The average Bonchev–Trinajstić information content (AvgIpc) is 2.77. The van der Waals surface area contributed by atoms with Crippen molar-refractivity contribution < 1.29 is 14.4 Å². The first kappa shape index (κ1) is 23.6.